The summed E-state index contributed by atoms with van der Waals surface area (Å²) in [5, 5.41) is 0. The number of hydrogen-bond donors (Lipinski definition) is 0. The predicted molar refractivity (Wildman–Crippen MR) is 141 cm³/mol. The standard InChI is InChI=1S/C32H28F8O/c1-2-3-4-5-26(33)30(37)22-12-10-20(11-13-22)19-6-8-21(9-7-19)23-14-15-25(27(34)16-23)32(39,40)41-24-17-28(35)31(38)29(36)18-24/h2-3,10-19,21H,4-9H2,1H3/b3-2+,30-26+. The maximum atomic E-state index is 14.8. The van der Waals surface area contributed by atoms with Gasteiger partial charge in [-0.1, -0.05) is 42.5 Å². The highest BCUT2D eigenvalue weighted by Gasteiger charge is 2.38. The van der Waals surface area contributed by atoms with Gasteiger partial charge in [0.1, 0.15) is 17.4 Å². The summed E-state index contributed by atoms with van der Waals surface area (Å²) in [4.78, 5) is 0. The average molecular weight is 581 g/mol. The molecular weight excluding hydrogens is 552 g/mol. The van der Waals surface area contributed by atoms with Crippen LogP contribution >= 0.6 is 0 Å². The number of ether oxygens (including phenoxy) is 1. The van der Waals surface area contributed by atoms with E-state index in [4.69, 9.17) is 0 Å². The first-order valence-corrected chi connectivity index (χ1v) is 13.3. The molecule has 1 nitrogen and oxygen atoms in total. The van der Waals surface area contributed by atoms with Crippen LogP contribution < -0.4 is 4.74 Å². The Kier molecular flexibility index (Phi) is 9.56. The molecule has 0 aromatic heterocycles. The van der Waals surface area contributed by atoms with Crippen LogP contribution in [0.4, 0.5) is 35.1 Å². The smallest absolute Gasteiger partial charge is 0.429 e. The van der Waals surface area contributed by atoms with Gasteiger partial charge in [-0.25, -0.2) is 26.3 Å². The number of benzene rings is 3. The number of hydrogen-bond acceptors (Lipinski definition) is 1. The molecular formula is C32H28F8O. The summed E-state index contributed by atoms with van der Waals surface area (Å²) in [5.74, 6) is -9.11. The lowest BCUT2D eigenvalue weighted by Gasteiger charge is -2.29. The molecule has 1 aliphatic carbocycles. The Morgan fingerprint density at radius 1 is 0.805 bits per heavy atom. The highest BCUT2D eigenvalue weighted by Crippen LogP contribution is 2.42. The summed E-state index contributed by atoms with van der Waals surface area (Å²) < 4.78 is 117. The van der Waals surface area contributed by atoms with Crippen molar-refractivity contribution < 1.29 is 39.9 Å². The van der Waals surface area contributed by atoms with Crippen molar-refractivity contribution in [3.63, 3.8) is 0 Å². The molecule has 3 aromatic carbocycles. The second-order valence-corrected chi connectivity index (χ2v) is 10.1. The van der Waals surface area contributed by atoms with Gasteiger partial charge in [-0.2, -0.15) is 8.78 Å². The summed E-state index contributed by atoms with van der Waals surface area (Å²) in [6, 6.07) is 10.4. The Hall–Kier alpha value is -3.62. The number of halogens is 8. The molecule has 0 saturated heterocycles. The molecule has 0 bridgehead atoms. The SMILES string of the molecule is C/C=C/CC/C(F)=C(\F)c1ccc(C2CCC(c3ccc(C(F)(F)Oc4cc(F)c(F)c(F)c4)c(F)c3)CC2)cc1. The van der Waals surface area contributed by atoms with Crippen LogP contribution in [0, 0.1) is 23.3 Å². The van der Waals surface area contributed by atoms with E-state index in [1.807, 2.05) is 6.92 Å². The Labute approximate surface area is 233 Å². The molecule has 0 heterocycles. The number of allylic oxidation sites excluding steroid dienone is 3. The van der Waals surface area contributed by atoms with Gasteiger partial charge in [0, 0.05) is 24.1 Å². The molecule has 218 valence electrons. The monoisotopic (exact) mass is 580 g/mol. The first kappa shape index (κ1) is 30.3. The van der Waals surface area contributed by atoms with Gasteiger partial charge in [0.05, 0.1) is 5.56 Å². The van der Waals surface area contributed by atoms with Crippen molar-refractivity contribution in [1.29, 1.82) is 0 Å². The van der Waals surface area contributed by atoms with Crippen molar-refractivity contribution in [2.75, 3.05) is 0 Å². The van der Waals surface area contributed by atoms with E-state index < -0.39 is 52.3 Å². The molecule has 3 aromatic rings. The van der Waals surface area contributed by atoms with Crippen LogP contribution in [0.2, 0.25) is 0 Å². The van der Waals surface area contributed by atoms with Crippen molar-refractivity contribution in [3.05, 3.63) is 118 Å². The van der Waals surface area contributed by atoms with Crippen molar-refractivity contribution in [3.8, 4) is 5.75 Å². The molecule has 0 atom stereocenters. The third kappa shape index (κ3) is 7.18. The highest BCUT2D eigenvalue weighted by molar-refractivity contribution is 5.61. The van der Waals surface area contributed by atoms with Crippen molar-refractivity contribution in [2.24, 2.45) is 0 Å². The summed E-state index contributed by atoms with van der Waals surface area (Å²) in [5.41, 5.74) is 0.544. The topological polar surface area (TPSA) is 9.23 Å². The minimum absolute atomic E-state index is 0.0115. The van der Waals surface area contributed by atoms with Gasteiger partial charge in [0.2, 0.25) is 0 Å². The van der Waals surface area contributed by atoms with Gasteiger partial charge >= 0.3 is 6.11 Å². The van der Waals surface area contributed by atoms with Crippen molar-refractivity contribution in [1.82, 2.24) is 0 Å². The van der Waals surface area contributed by atoms with E-state index in [9.17, 15) is 35.1 Å². The van der Waals surface area contributed by atoms with Gasteiger partial charge in [0.15, 0.2) is 23.3 Å². The van der Waals surface area contributed by atoms with Gasteiger partial charge < -0.3 is 4.74 Å². The fourth-order valence-corrected chi connectivity index (χ4v) is 5.12. The van der Waals surface area contributed by atoms with Crippen LogP contribution in [0.15, 0.2) is 72.6 Å². The lowest BCUT2D eigenvalue weighted by Crippen LogP contribution is -2.24. The zero-order valence-corrected chi connectivity index (χ0v) is 22.2. The highest BCUT2D eigenvalue weighted by atomic mass is 19.3. The molecule has 0 unspecified atom stereocenters. The predicted octanol–water partition coefficient (Wildman–Crippen LogP) is 10.8. The van der Waals surface area contributed by atoms with E-state index in [0.717, 1.165) is 30.5 Å². The number of rotatable bonds is 9. The average Bonchev–Trinajstić information content (AvgIpc) is 2.95. The summed E-state index contributed by atoms with van der Waals surface area (Å²) in [6.45, 7) is 1.81. The molecule has 1 aliphatic rings. The van der Waals surface area contributed by atoms with E-state index in [2.05, 4.69) is 4.74 Å². The Bertz CT molecular complexity index is 1400. The molecule has 0 N–H and O–H groups in total. The first-order valence-electron chi connectivity index (χ1n) is 13.3. The lowest BCUT2D eigenvalue weighted by molar-refractivity contribution is -0.187. The van der Waals surface area contributed by atoms with Crippen LogP contribution in [0.25, 0.3) is 5.83 Å². The van der Waals surface area contributed by atoms with Gasteiger partial charge in [-0.15, -0.1) is 0 Å². The summed E-state index contributed by atoms with van der Waals surface area (Å²) in [6.07, 6.45) is 2.43. The summed E-state index contributed by atoms with van der Waals surface area (Å²) >= 11 is 0. The first-order chi connectivity index (χ1) is 19.5. The normalized spacial score (nSPS) is 18.5. The maximum absolute atomic E-state index is 14.8. The van der Waals surface area contributed by atoms with E-state index in [1.54, 1.807) is 36.4 Å². The van der Waals surface area contributed by atoms with Crippen LogP contribution in [0.5, 0.6) is 5.75 Å². The Morgan fingerprint density at radius 3 is 1.93 bits per heavy atom. The van der Waals surface area contributed by atoms with Crippen molar-refractivity contribution >= 4 is 5.83 Å². The zero-order valence-electron chi connectivity index (χ0n) is 22.2. The lowest BCUT2D eigenvalue weighted by atomic mass is 9.76. The van der Waals surface area contributed by atoms with Crippen LogP contribution in [-0.2, 0) is 6.11 Å². The second kappa shape index (κ2) is 12.9. The quantitative estimate of drug-likeness (QED) is 0.139. The van der Waals surface area contributed by atoms with Crippen LogP contribution in [0.3, 0.4) is 0 Å². The molecule has 0 radical (unpaired) electrons. The third-order valence-electron chi connectivity index (χ3n) is 7.35. The third-order valence-corrected chi connectivity index (χ3v) is 7.35. The maximum Gasteiger partial charge on any atom is 0.429 e. The molecule has 0 aliphatic heterocycles. The molecule has 1 saturated carbocycles. The molecule has 41 heavy (non-hydrogen) atoms. The van der Waals surface area contributed by atoms with E-state index >= 15 is 0 Å². The largest absolute Gasteiger partial charge is 0.429 e. The minimum atomic E-state index is -4.27. The molecule has 9 heteroatoms. The Morgan fingerprint density at radius 2 is 1.37 bits per heavy atom. The molecule has 4 rings (SSSR count). The molecule has 1 fully saturated rings. The molecule has 0 amide bonds. The van der Waals surface area contributed by atoms with Gasteiger partial charge in [-0.05, 0) is 74.1 Å². The van der Waals surface area contributed by atoms with Crippen LogP contribution in [-0.4, -0.2) is 0 Å². The number of alkyl halides is 2. The Balaban J connectivity index is 1.38. The van der Waals surface area contributed by atoms with E-state index in [0.29, 0.717) is 24.8 Å². The van der Waals surface area contributed by atoms with Crippen molar-refractivity contribution in [2.45, 2.75) is 63.4 Å². The van der Waals surface area contributed by atoms with E-state index in [1.165, 1.54) is 6.07 Å². The fourth-order valence-electron chi connectivity index (χ4n) is 5.12. The second-order valence-electron chi connectivity index (χ2n) is 10.1. The van der Waals surface area contributed by atoms with Crippen LogP contribution in [0.1, 0.15) is 79.5 Å². The summed E-state index contributed by atoms with van der Waals surface area (Å²) in [7, 11) is 0. The minimum Gasteiger partial charge on any atom is -0.429 e. The van der Waals surface area contributed by atoms with Gasteiger partial charge in [-0.3, -0.25) is 0 Å². The van der Waals surface area contributed by atoms with E-state index in [-0.39, 0.29) is 36.0 Å². The van der Waals surface area contributed by atoms with Gasteiger partial charge in [0.25, 0.3) is 0 Å². The zero-order chi connectivity index (χ0) is 29.7. The fraction of sp³-hybridized carbons (Fsp3) is 0.312. The molecule has 0 spiro atoms.